The van der Waals surface area contributed by atoms with E-state index in [-0.39, 0.29) is 24.2 Å². The summed E-state index contributed by atoms with van der Waals surface area (Å²) in [5.41, 5.74) is 0.815. The Morgan fingerprint density at radius 1 is 1.53 bits per heavy atom. The van der Waals surface area contributed by atoms with Crippen molar-refractivity contribution < 1.29 is 14.3 Å². The highest BCUT2D eigenvalue weighted by atomic mass is 32.2. The summed E-state index contributed by atoms with van der Waals surface area (Å²) in [6.45, 7) is 0. The number of hydrogen-bond acceptors (Lipinski definition) is 4. The molecule has 17 heavy (non-hydrogen) atoms. The monoisotopic (exact) mass is 251 g/mol. The Labute approximate surface area is 104 Å². The van der Waals surface area contributed by atoms with Gasteiger partial charge in [-0.15, -0.1) is 11.8 Å². The third-order valence-electron chi connectivity index (χ3n) is 2.60. The van der Waals surface area contributed by atoms with E-state index < -0.39 is 0 Å². The minimum absolute atomic E-state index is 0.118. The van der Waals surface area contributed by atoms with Gasteiger partial charge in [-0.05, 0) is 12.1 Å². The molecule has 1 aromatic carbocycles. The topological polar surface area (TPSA) is 55.4 Å². The molecular weight excluding hydrogens is 238 g/mol. The van der Waals surface area contributed by atoms with Crippen LogP contribution >= 0.6 is 11.8 Å². The maximum Gasteiger partial charge on any atom is 0.306 e. The van der Waals surface area contributed by atoms with Crippen molar-refractivity contribution in [1.82, 2.24) is 0 Å². The fourth-order valence-electron chi connectivity index (χ4n) is 1.63. The molecule has 0 unspecified atom stereocenters. The van der Waals surface area contributed by atoms with E-state index in [9.17, 15) is 9.59 Å². The van der Waals surface area contributed by atoms with Crippen LogP contribution in [0.4, 0.5) is 5.69 Å². The van der Waals surface area contributed by atoms with E-state index in [1.807, 2.05) is 24.3 Å². The van der Waals surface area contributed by atoms with Gasteiger partial charge in [0.1, 0.15) is 0 Å². The van der Waals surface area contributed by atoms with Gasteiger partial charge in [0.05, 0.1) is 25.1 Å². The van der Waals surface area contributed by atoms with Crippen molar-refractivity contribution >= 4 is 29.3 Å². The number of carbonyl (C=O) groups is 2. The first-order valence-corrected chi connectivity index (χ1v) is 6.29. The Hall–Kier alpha value is -1.49. The summed E-state index contributed by atoms with van der Waals surface area (Å²) in [4.78, 5) is 24.1. The zero-order valence-electron chi connectivity index (χ0n) is 9.43. The molecular formula is C12H13NO3S. The van der Waals surface area contributed by atoms with Crippen LogP contribution in [0, 0.1) is 5.92 Å². The summed E-state index contributed by atoms with van der Waals surface area (Å²) in [6, 6.07) is 7.63. The number of esters is 1. The molecule has 0 fully saturated rings. The number of hydrogen-bond donors (Lipinski definition) is 1. The van der Waals surface area contributed by atoms with Crippen molar-refractivity contribution in [3.63, 3.8) is 0 Å². The van der Waals surface area contributed by atoms with Crippen molar-refractivity contribution in [2.75, 3.05) is 18.2 Å². The summed E-state index contributed by atoms with van der Waals surface area (Å²) in [5.74, 6) is -0.206. The number of ether oxygens (including phenoxy) is 1. The van der Waals surface area contributed by atoms with Crippen LogP contribution in [-0.4, -0.2) is 24.7 Å². The lowest BCUT2D eigenvalue weighted by Crippen LogP contribution is -2.26. The number of methoxy groups -OCH3 is 1. The highest BCUT2D eigenvalue weighted by Gasteiger charge is 2.26. The molecule has 1 N–H and O–H groups in total. The minimum Gasteiger partial charge on any atom is -0.469 e. The zero-order chi connectivity index (χ0) is 12.3. The molecule has 0 saturated carbocycles. The highest BCUT2D eigenvalue weighted by molar-refractivity contribution is 7.99. The van der Waals surface area contributed by atoms with Crippen molar-refractivity contribution in [2.24, 2.45) is 5.92 Å². The molecule has 1 aliphatic rings. The van der Waals surface area contributed by atoms with Crippen LogP contribution < -0.4 is 5.32 Å². The standard InChI is InChI=1S/C12H13NO3S/c1-16-11(14)6-8-7-17-10-5-3-2-4-9(10)13-12(8)15/h2-5,8H,6-7H2,1H3,(H,13,15)/t8-/m1/s1. The SMILES string of the molecule is COC(=O)C[C@@H]1CSc2ccccc2NC1=O. The minimum atomic E-state index is -0.350. The third-order valence-corrected chi connectivity index (χ3v) is 3.83. The second kappa shape index (κ2) is 5.23. The maximum absolute atomic E-state index is 11.9. The lowest BCUT2D eigenvalue weighted by Gasteiger charge is -2.10. The highest BCUT2D eigenvalue weighted by Crippen LogP contribution is 2.33. The van der Waals surface area contributed by atoms with Crippen LogP contribution in [0.2, 0.25) is 0 Å². The van der Waals surface area contributed by atoms with Crippen molar-refractivity contribution in [3.05, 3.63) is 24.3 Å². The normalized spacial score (nSPS) is 18.9. The average molecular weight is 251 g/mol. The molecule has 0 radical (unpaired) electrons. The first-order chi connectivity index (χ1) is 8.20. The number of benzene rings is 1. The second-order valence-electron chi connectivity index (χ2n) is 3.77. The van der Waals surface area contributed by atoms with Crippen molar-refractivity contribution in [3.8, 4) is 0 Å². The van der Waals surface area contributed by atoms with E-state index in [1.54, 1.807) is 11.8 Å². The zero-order valence-corrected chi connectivity index (χ0v) is 10.3. The Balaban J connectivity index is 2.12. The summed E-state index contributed by atoms with van der Waals surface area (Å²) < 4.78 is 4.59. The number of anilines is 1. The van der Waals surface area contributed by atoms with E-state index in [4.69, 9.17) is 0 Å². The van der Waals surface area contributed by atoms with Gasteiger partial charge in [0, 0.05) is 10.6 Å². The quantitative estimate of drug-likeness (QED) is 0.816. The van der Waals surface area contributed by atoms with Gasteiger partial charge in [-0.3, -0.25) is 9.59 Å². The molecule has 1 aliphatic heterocycles. The molecule has 4 nitrogen and oxygen atoms in total. The molecule has 0 aliphatic carbocycles. The Morgan fingerprint density at radius 2 is 2.29 bits per heavy atom. The molecule has 0 spiro atoms. The van der Waals surface area contributed by atoms with Crippen LogP contribution in [0.25, 0.3) is 0 Å². The molecule has 1 atom stereocenters. The van der Waals surface area contributed by atoms with Gasteiger partial charge in [0.25, 0.3) is 0 Å². The fourth-order valence-corrected chi connectivity index (χ4v) is 2.73. The Morgan fingerprint density at radius 3 is 3.06 bits per heavy atom. The van der Waals surface area contributed by atoms with E-state index >= 15 is 0 Å². The molecule has 0 bridgehead atoms. The average Bonchev–Trinajstić information content (AvgIpc) is 2.49. The van der Waals surface area contributed by atoms with E-state index in [0.29, 0.717) is 5.75 Å². The molecule has 1 aromatic rings. The summed E-state index contributed by atoms with van der Waals surface area (Å²) in [6.07, 6.45) is 0.128. The van der Waals surface area contributed by atoms with Crippen LogP contribution in [0.3, 0.4) is 0 Å². The molecule has 5 heteroatoms. The first-order valence-electron chi connectivity index (χ1n) is 5.30. The predicted octanol–water partition coefficient (Wildman–Crippen LogP) is 1.91. The van der Waals surface area contributed by atoms with Gasteiger partial charge < -0.3 is 10.1 Å². The first kappa shape index (κ1) is 12.0. The maximum atomic E-state index is 11.9. The van der Waals surface area contributed by atoms with Crippen LogP contribution in [-0.2, 0) is 14.3 Å². The lowest BCUT2D eigenvalue weighted by atomic mass is 10.1. The predicted molar refractivity (Wildman–Crippen MR) is 65.9 cm³/mol. The third kappa shape index (κ3) is 2.79. The van der Waals surface area contributed by atoms with Gasteiger partial charge in [-0.1, -0.05) is 12.1 Å². The van der Waals surface area contributed by atoms with E-state index in [1.165, 1.54) is 7.11 Å². The summed E-state index contributed by atoms with van der Waals surface area (Å²) >= 11 is 1.58. The fraction of sp³-hybridized carbons (Fsp3) is 0.333. The van der Waals surface area contributed by atoms with Gasteiger partial charge in [-0.25, -0.2) is 0 Å². The van der Waals surface area contributed by atoms with E-state index in [0.717, 1.165) is 10.6 Å². The van der Waals surface area contributed by atoms with Crippen LogP contribution in [0.5, 0.6) is 0 Å². The molecule has 0 saturated heterocycles. The Bertz CT molecular complexity index is 447. The van der Waals surface area contributed by atoms with Gasteiger partial charge in [0.15, 0.2) is 0 Å². The summed E-state index contributed by atoms with van der Waals surface area (Å²) in [7, 11) is 1.33. The summed E-state index contributed by atoms with van der Waals surface area (Å²) in [5, 5.41) is 2.83. The number of thioether (sulfide) groups is 1. The van der Waals surface area contributed by atoms with Gasteiger partial charge in [-0.2, -0.15) is 0 Å². The van der Waals surface area contributed by atoms with Crippen molar-refractivity contribution in [1.29, 1.82) is 0 Å². The van der Waals surface area contributed by atoms with Gasteiger partial charge >= 0.3 is 5.97 Å². The van der Waals surface area contributed by atoms with E-state index in [2.05, 4.69) is 10.1 Å². The number of carbonyl (C=O) groups excluding carboxylic acids is 2. The number of para-hydroxylation sites is 1. The number of amides is 1. The number of rotatable bonds is 2. The molecule has 90 valence electrons. The molecule has 1 amide bonds. The largest absolute Gasteiger partial charge is 0.469 e. The van der Waals surface area contributed by atoms with Gasteiger partial charge in [0.2, 0.25) is 5.91 Å². The lowest BCUT2D eigenvalue weighted by molar-refractivity contribution is -0.143. The smallest absolute Gasteiger partial charge is 0.306 e. The molecule has 2 rings (SSSR count). The van der Waals surface area contributed by atoms with Crippen LogP contribution in [0.1, 0.15) is 6.42 Å². The van der Waals surface area contributed by atoms with Crippen molar-refractivity contribution in [2.45, 2.75) is 11.3 Å². The second-order valence-corrected chi connectivity index (χ2v) is 4.84. The van der Waals surface area contributed by atoms with Crippen LogP contribution in [0.15, 0.2) is 29.2 Å². The molecule has 1 heterocycles. The Kier molecular flexibility index (Phi) is 3.68. The number of fused-ring (bicyclic) bond motifs is 1. The molecule has 0 aromatic heterocycles. The number of nitrogens with one attached hydrogen (secondary N) is 1.